The normalized spacial score (nSPS) is 11.1. The highest BCUT2D eigenvalue weighted by molar-refractivity contribution is 7.13. The number of nitrogens with zero attached hydrogens (tertiary/aromatic N) is 1. The van der Waals surface area contributed by atoms with Crippen LogP contribution in [0.2, 0.25) is 0 Å². The van der Waals surface area contributed by atoms with Crippen LogP contribution in [0.25, 0.3) is 0 Å². The third-order valence-corrected chi connectivity index (χ3v) is 4.46. The first-order chi connectivity index (χ1) is 13.5. The molecular weight excluding hydrogens is 372 g/mol. The predicted octanol–water partition coefficient (Wildman–Crippen LogP) is 4.04. The molecule has 0 aliphatic rings. The zero-order chi connectivity index (χ0) is 19.9. The second kappa shape index (κ2) is 8.98. The Kier molecular flexibility index (Phi) is 6.20. The van der Waals surface area contributed by atoms with Gasteiger partial charge < -0.3 is 10.1 Å². The highest BCUT2D eigenvalue weighted by Crippen LogP contribution is 2.26. The van der Waals surface area contributed by atoms with E-state index in [4.69, 9.17) is 4.74 Å². The molecule has 2 aromatic carbocycles. The topological polar surface area (TPSA) is 68.3 Å². The third kappa shape index (κ3) is 5.29. The largest absolute Gasteiger partial charge is 0.431 e. The fraction of sp³-hybridized carbons (Fsp3) is 0.136. The molecule has 28 heavy (non-hydrogen) atoms. The van der Waals surface area contributed by atoms with Crippen LogP contribution in [0.5, 0.6) is 10.9 Å². The lowest BCUT2D eigenvalue weighted by molar-refractivity contribution is -0.119. The average Bonchev–Trinajstić information content (AvgIpc) is 3.14. The van der Waals surface area contributed by atoms with Crippen molar-refractivity contribution in [1.29, 1.82) is 0 Å². The number of benzene rings is 2. The lowest BCUT2D eigenvalue weighted by atomic mass is 10.0. The summed E-state index contributed by atoms with van der Waals surface area (Å²) in [6, 6.07) is 15.8. The first kappa shape index (κ1) is 19.3. The van der Waals surface area contributed by atoms with Crippen LogP contribution in [0.1, 0.15) is 34.6 Å². The molecule has 3 rings (SSSR count). The number of hydrogen-bond acceptors (Lipinski definition) is 5. The second-order valence-electron chi connectivity index (χ2n) is 6.00. The molecule has 0 aliphatic heterocycles. The van der Waals surface area contributed by atoms with E-state index in [1.807, 2.05) is 25.1 Å². The van der Waals surface area contributed by atoms with Crippen LogP contribution in [0.4, 0.5) is 0 Å². The van der Waals surface area contributed by atoms with Crippen molar-refractivity contribution in [3.05, 3.63) is 76.8 Å². The molecule has 0 aliphatic carbocycles. The Balaban J connectivity index is 1.64. The van der Waals surface area contributed by atoms with Crippen LogP contribution in [-0.4, -0.2) is 22.7 Å². The maximum Gasteiger partial charge on any atom is 0.279 e. The summed E-state index contributed by atoms with van der Waals surface area (Å²) in [5.41, 5.74) is 1.24. The zero-order valence-electron chi connectivity index (χ0n) is 15.4. The molecule has 5 nitrogen and oxygen atoms in total. The van der Waals surface area contributed by atoms with E-state index in [-0.39, 0.29) is 17.7 Å². The maximum absolute atomic E-state index is 12.4. The Bertz CT molecular complexity index is 1030. The van der Waals surface area contributed by atoms with Crippen LogP contribution in [0.15, 0.2) is 60.8 Å². The molecule has 1 N–H and O–H groups in total. The van der Waals surface area contributed by atoms with Gasteiger partial charge in [0.2, 0.25) is 5.91 Å². The van der Waals surface area contributed by atoms with Crippen molar-refractivity contribution in [1.82, 2.24) is 10.3 Å². The first-order valence-corrected chi connectivity index (χ1v) is 9.45. The van der Waals surface area contributed by atoms with E-state index in [0.717, 1.165) is 4.88 Å². The van der Waals surface area contributed by atoms with Gasteiger partial charge in [0, 0.05) is 18.1 Å². The fourth-order valence-electron chi connectivity index (χ4n) is 2.41. The molecule has 6 heteroatoms. The van der Waals surface area contributed by atoms with Crippen molar-refractivity contribution in [3.8, 4) is 22.8 Å². The number of nitrogens with one attached hydrogen (secondary N) is 1. The van der Waals surface area contributed by atoms with Crippen molar-refractivity contribution in [2.45, 2.75) is 19.9 Å². The average molecular weight is 390 g/mol. The minimum atomic E-state index is -0.237. The number of ether oxygens (including phenoxy) is 1. The molecule has 3 aromatic rings. The SMILES string of the molecule is CC(=O)NC(C)C#Cc1cnc(Oc2ccc(C(=O)c3ccccc3)cc2)s1. The third-order valence-electron chi connectivity index (χ3n) is 3.67. The number of hydrogen-bond donors (Lipinski definition) is 1. The molecule has 1 unspecified atom stereocenters. The van der Waals surface area contributed by atoms with E-state index in [1.165, 1.54) is 18.3 Å². The standard InChI is InChI=1S/C22H18N2O3S/c1-15(24-16(2)25)8-13-20-14-23-22(28-20)27-19-11-9-18(10-12-19)21(26)17-6-4-3-5-7-17/h3-7,9-12,14-15H,1-2H3,(H,24,25). The number of ketones is 1. The minimum absolute atomic E-state index is 0.0350. The summed E-state index contributed by atoms with van der Waals surface area (Å²) in [6.45, 7) is 3.26. The van der Waals surface area contributed by atoms with Crippen molar-refractivity contribution in [3.63, 3.8) is 0 Å². The van der Waals surface area contributed by atoms with E-state index in [9.17, 15) is 9.59 Å². The number of carbonyl (C=O) groups excluding carboxylic acids is 2. The van der Waals surface area contributed by atoms with Crippen molar-refractivity contribution in [2.75, 3.05) is 0 Å². The van der Waals surface area contributed by atoms with Gasteiger partial charge in [0.15, 0.2) is 5.78 Å². The number of aromatic nitrogens is 1. The van der Waals surface area contributed by atoms with E-state index < -0.39 is 0 Å². The first-order valence-electron chi connectivity index (χ1n) is 8.63. The van der Waals surface area contributed by atoms with E-state index in [0.29, 0.717) is 22.1 Å². The van der Waals surface area contributed by atoms with Crippen molar-refractivity contribution >= 4 is 23.0 Å². The van der Waals surface area contributed by atoms with Gasteiger partial charge in [-0.2, -0.15) is 0 Å². The van der Waals surface area contributed by atoms with Crippen LogP contribution in [0.3, 0.4) is 0 Å². The summed E-state index contributed by atoms with van der Waals surface area (Å²) in [5, 5.41) is 3.16. The molecule has 0 fully saturated rings. The Morgan fingerprint density at radius 3 is 2.43 bits per heavy atom. The maximum atomic E-state index is 12.4. The predicted molar refractivity (Wildman–Crippen MR) is 109 cm³/mol. The van der Waals surface area contributed by atoms with Gasteiger partial charge in [-0.05, 0) is 31.2 Å². The Hall–Kier alpha value is -3.43. The fourth-order valence-corrected chi connectivity index (χ4v) is 3.06. The second-order valence-corrected chi connectivity index (χ2v) is 7.00. The minimum Gasteiger partial charge on any atom is -0.431 e. The van der Waals surface area contributed by atoms with Gasteiger partial charge in [0.1, 0.15) is 10.6 Å². The molecule has 0 saturated carbocycles. The molecule has 0 saturated heterocycles. The molecule has 1 amide bonds. The Morgan fingerprint density at radius 1 is 1.07 bits per heavy atom. The summed E-state index contributed by atoms with van der Waals surface area (Å²) in [7, 11) is 0. The van der Waals surface area contributed by atoms with Gasteiger partial charge in [-0.25, -0.2) is 4.98 Å². The monoisotopic (exact) mass is 390 g/mol. The molecular formula is C22H18N2O3S. The number of thiazole rings is 1. The summed E-state index contributed by atoms with van der Waals surface area (Å²) < 4.78 is 5.73. The Labute approximate surface area is 167 Å². The van der Waals surface area contributed by atoms with E-state index in [1.54, 1.807) is 42.6 Å². The highest BCUT2D eigenvalue weighted by atomic mass is 32.1. The van der Waals surface area contributed by atoms with E-state index >= 15 is 0 Å². The van der Waals surface area contributed by atoms with Crippen LogP contribution >= 0.6 is 11.3 Å². The quantitative estimate of drug-likeness (QED) is 0.527. The van der Waals surface area contributed by atoms with Gasteiger partial charge in [0.05, 0.1) is 12.2 Å². The summed E-state index contributed by atoms with van der Waals surface area (Å²) in [6.07, 6.45) is 1.63. The molecule has 1 heterocycles. The molecule has 0 radical (unpaired) electrons. The number of rotatable bonds is 5. The van der Waals surface area contributed by atoms with Gasteiger partial charge in [-0.1, -0.05) is 53.5 Å². The molecule has 140 valence electrons. The number of amides is 1. The molecule has 0 spiro atoms. The lowest BCUT2D eigenvalue weighted by Crippen LogP contribution is -2.28. The molecule has 1 aromatic heterocycles. The van der Waals surface area contributed by atoms with Crippen molar-refractivity contribution in [2.24, 2.45) is 0 Å². The zero-order valence-corrected chi connectivity index (χ0v) is 16.2. The van der Waals surface area contributed by atoms with Gasteiger partial charge in [-0.15, -0.1) is 0 Å². The summed E-state index contributed by atoms with van der Waals surface area (Å²) in [4.78, 5) is 28.3. The van der Waals surface area contributed by atoms with Crippen LogP contribution < -0.4 is 10.1 Å². The molecule has 1 atom stereocenters. The van der Waals surface area contributed by atoms with Crippen LogP contribution in [-0.2, 0) is 4.79 Å². The van der Waals surface area contributed by atoms with Gasteiger partial charge in [0.25, 0.3) is 5.19 Å². The summed E-state index contributed by atoms with van der Waals surface area (Å²) >= 11 is 1.31. The number of carbonyl (C=O) groups is 2. The smallest absolute Gasteiger partial charge is 0.279 e. The summed E-state index contributed by atoms with van der Waals surface area (Å²) in [5.74, 6) is 6.34. The van der Waals surface area contributed by atoms with E-state index in [2.05, 4.69) is 22.1 Å². The molecule has 0 bridgehead atoms. The lowest BCUT2D eigenvalue weighted by Gasteiger charge is -2.04. The van der Waals surface area contributed by atoms with Gasteiger partial charge >= 0.3 is 0 Å². The van der Waals surface area contributed by atoms with Crippen molar-refractivity contribution < 1.29 is 14.3 Å². The van der Waals surface area contributed by atoms with Gasteiger partial charge in [-0.3, -0.25) is 9.59 Å². The Morgan fingerprint density at radius 2 is 1.75 bits per heavy atom. The van der Waals surface area contributed by atoms with Crippen LogP contribution in [0, 0.1) is 11.8 Å². The highest BCUT2D eigenvalue weighted by Gasteiger charge is 2.09.